The maximum Gasteiger partial charge on any atom is 0.336 e. The first-order valence-corrected chi connectivity index (χ1v) is 10.3. The number of benzene rings is 2. The summed E-state index contributed by atoms with van der Waals surface area (Å²) in [6, 6.07) is 10.7. The Morgan fingerprint density at radius 3 is 2.52 bits per heavy atom. The highest BCUT2D eigenvalue weighted by Gasteiger charge is 2.19. The van der Waals surface area contributed by atoms with Crippen LogP contribution in [0.4, 0.5) is 5.69 Å². The van der Waals surface area contributed by atoms with Crippen molar-refractivity contribution in [2.24, 2.45) is 0 Å². The zero-order valence-electron chi connectivity index (χ0n) is 17.3. The number of nitrogens with zero attached hydrogens (tertiary/aromatic N) is 4. The van der Waals surface area contributed by atoms with E-state index >= 15 is 0 Å². The molecule has 9 heteroatoms. The van der Waals surface area contributed by atoms with Crippen LogP contribution in [0.25, 0.3) is 16.6 Å². The van der Waals surface area contributed by atoms with Crippen molar-refractivity contribution in [2.45, 2.75) is 25.8 Å². The molecule has 3 aromatic rings. The van der Waals surface area contributed by atoms with Gasteiger partial charge in [-0.3, -0.25) is 19.5 Å². The number of non-ortho nitro benzene ring substituents is 1. The smallest absolute Gasteiger partial charge is 0.336 e. The van der Waals surface area contributed by atoms with Crippen molar-refractivity contribution in [3.63, 3.8) is 0 Å². The summed E-state index contributed by atoms with van der Waals surface area (Å²) in [5.74, 6) is 0.503. The minimum absolute atomic E-state index is 0.135. The molecule has 0 bridgehead atoms. The molecule has 4 rings (SSSR count). The quantitative estimate of drug-likeness (QED) is 0.445. The van der Waals surface area contributed by atoms with Crippen LogP contribution in [0.3, 0.4) is 0 Å². The van der Waals surface area contributed by atoms with Crippen molar-refractivity contribution >= 4 is 16.6 Å². The first-order chi connectivity index (χ1) is 15.0. The van der Waals surface area contributed by atoms with Crippen LogP contribution in [0.15, 0.2) is 52.1 Å². The second-order valence-corrected chi connectivity index (χ2v) is 7.64. The number of piperidine rings is 1. The first-order valence-electron chi connectivity index (χ1n) is 10.3. The Morgan fingerprint density at radius 1 is 1.03 bits per heavy atom. The van der Waals surface area contributed by atoms with E-state index in [9.17, 15) is 19.7 Å². The number of fused-ring (bicyclic) bond motifs is 1. The second-order valence-electron chi connectivity index (χ2n) is 7.64. The van der Waals surface area contributed by atoms with E-state index in [-0.39, 0.29) is 11.1 Å². The number of aromatic nitrogens is 2. The van der Waals surface area contributed by atoms with E-state index in [2.05, 4.69) is 4.90 Å². The Balaban J connectivity index is 1.90. The van der Waals surface area contributed by atoms with Crippen molar-refractivity contribution in [3.8, 4) is 11.4 Å². The van der Waals surface area contributed by atoms with Gasteiger partial charge in [0.1, 0.15) is 5.75 Å². The summed E-state index contributed by atoms with van der Waals surface area (Å²) in [5.41, 5.74) is -0.503. The van der Waals surface area contributed by atoms with Crippen LogP contribution in [0, 0.1) is 10.1 Å². The average Bonchev–Trinajstić information content (AvgIpc) is 2.79. The molecule has 31 heavy (non-hydrogen) atoms. The fourth-order valence-corrected chi connectivity index (χ4v) is 4.09. The molecule has 1 saturated heterocycles. The topological polar surface area (TPSA) is 99.6 Å². The van der Waals surface area contributed by atoms with Gasteiger partial charge in [-0.1, -0.05) is 12.5 Å². The largest absolute Gasteiger partial charge is 0.497 e. The number of hydrogen-bond donors (Lipinski definition) is 0. The molecule has 0 radical (unpaired) electrons. The highest BCUT2D eigenvalue weighted by Crippen LogP contribution is 2.20. The lowest BCUT2D eigenvalue weighted by molar-refractivity contribution is -0.384. The second kappa shape index (κ2) is 8.73. The number of likely N-dealkylation sites (tertiary alicyclic amines) is 1. The molecule has 1 fully saturated rings. The van der Waals surface area contributed by atoms with Crippen LogP contribution >= 0.6 is 0 Å². The van der Waals surface area contributed by atoms with E-state index in [1.807, 2.05) is 0 Å². The summed E-state index contributed by atoms with van der Waals surface area (Å²) in [6.07, 6.45) is 3.47. The number of nitro groups is 1. The van der Waals surface area contributed by atoms with Gasteiger partial charge in [-0.15, -0.1) is 0 Å². The van der Waals surface area contributed by atoms with Crippen LogP contribution in [-0.2, 0) is 6.54 Å². The van der Waals surface area contributed by atoms with E-state index in [0.717, 1.165) is 30.5 Å². The fourth-order valence-electron chi connectivity index (χ4n) is 4.09. The molecule has 0 spiro atoms. The van der Waals surface area contributed by atoms with Gasteiger partial charge < -0.3 is 9.64 Å². The van der Waals surface area contributed by atoms with Gasteiger partial charge in [0.15, 0.2) is 0 Å². The minimum atomic E-state index is -0.592. The van der Waals surface area contributed by atoms with Gasteiger partial charge in [-0.25, -0.2) is 9.36 Å². The first kappa shape index (κ1) is 20.8. The van der Waals surface area contributed by atoms with Crippen molar-refractivity contribution in [3.05, 3.63) is 73.4 Å². The van der Waals surface area contributed by atoms with Crippen LogP contribution in [0.5, 0.6) is 5.75 Å². The maximum absolute atomic E-state index is 13.4. The van der Waals surface area contributed by atoms with Crippen LogP contribution < -0.4 is 16.0 Å². The third kappa shape index (κ3) is 4.09. The predicted molar refractivity (Wildman–Crippen MR) is 117 cm³/mol. The van der Waals surface area contributed by atoms with Crippen LogP contribution in [0.2, 0.25) is 0 Å². The Bertz CT molecular complexity index is 1240. The lowest BCUT2D eigenvalue weighted by atomic mass is 10.1. The molecule has 0 aliphatic carbocycles. The summed E-state index contributed by atoms with van der Waals surface area (Å²) in [6.45, 7) is 3.01. The molecule has 0 N–H and O–H groups in total. The predicted octanol–water partition coefficient (Wildman–Crippen LogP) is 2.56. The molecule has 1 aromatic heterocycles. The highest BCUT2D eigenvalue weighted by molar-refractivity contribution is 5.81. The van der Waals surface area contributed by atoms with Crippen molar-refractivity contribution in [2.75, 3.05) is 26.7 Å². The lowest BCUT2D eigenvalue weighted by Gasteiger charge is -2.27. The molecule has 9 nitrogen and oxygen atoms in total. The third-order valence-corrected chi connectivity index (χ3v) is 5.74. The standard InChI is InChI=1S/C22H24N4O5/c1-31-18-7-5-6-16(14-18)25-21(27)19-15-17(26(29)30)8-9-20(19)24(22(25)28)13-12-23-10-3-2-4-11-23/h5-9,14-15H,2-4,10-13H2,1H3. The van der Waals surface area contributed by atoms with Gasteiger partial charge >= 0.3 is 5.69 Å². The molecule has 2 heterocycles. The monoisotopic (exact) mass is 424 g/mol. The van der Waals surface area contributed by atoms with Gasteiger partial charge in [-0.2, -0.15) is 0 Å². The Labute approximate surface area is 178 Å². The van der Waals surface area contributed by atoms with Crippen LogP contribution in [0.1, 0.15) is 19.3 Å². The molecular formula is C22H24N4O5. The Morgan fingerprint density at radius 2 is 1.81 bits per heavy atom. The van der Waals surface area contributed by atoms with E-state index in [1.54, 1.807) is 24.3 Å². The summed E-state index contributed by atoms with van der Waals surface area (Å²) < 4.78 is 7.83. The molecule has 1 aliphatic rings. The zero-order chi connectivity index (χ0) is 22.0. The highest BCUT2D eigenvalue weighted by atomic mass is 16.6. The SMILES string of the molecule is COc1cccc(-n2c(=O)c3cc([N+](=O)[O-])ccc3n(CCN3CCCCC3)c2=O)c1. The number of ether oxygens (including phenoxy) is 1. The maximum atomic E-state index is 13.4. The molecule has 0 unspecified atom stereocenters. The number of rotatable bonds is 6. The zero-order valence-corrected chi connectivity index (χ0v) is 17.3. The van der Waals surface area contributed by atoms with E-state index in [0.29, 0.717) is 30.0 Å². The van der Waals surface area contributed by atoms with E-state index < -0.39 is 16.2 Å². The molecule has 0 atom stereocenters. The van der Waals surface area contributed by atoms with Crippen molar-refractivity contribution in [1.29, 1.82) is 0 Å². The number of hydrogen-bond acceptors (Lipinski definition) is 6. The lowest BCUT2D eigenvalue weighted by Crippen LogP contribution is -2.41. The van der Waals surface area contributed by atoms with Gasteiger partial charge in [0.05, 0.1) is 28.6 Å². The van der Waals surface area contributed by atoms with Crippen molar-refractivity contribution in [1.82, 2.24) is 14.0 Å². The van der Waals surface area contributed by atoms with Gasteiger partial charge in [-0.05, 0) is 44.1 Å². The number of methoxy groups -OCH3 is 1. The summed E-state index contributed by atoms with van der Waals surface area (Å²) in [7, 11) is 1.50. The third-order valence-electron chi connectivity index (χ3n) is 5.74. The van der Waals surface area contributed by atoms with E-state index in [4.69, 9.17) is 4.74 Å². The molecule has 0 saturated carbocycles. The van der Waals surface area contributed by atoms with Gasteiger partial charge in [0.25, 0.3) is 11.2 Å². The van der Waals surface area contributed by atoms with Gasteiger partial charge in [0, 0.05) is 31.3 Å². The molecule has 2 aromatic carbocycles. The molecule has 162 valence electrons. The number of nitro benzene ring substituents is 1. The summed E-state index contributed by atoms with van der Waals surface area (Å²) in [4.78, 5) is 39.7. The van der Waals surface area contributed by atoms with Gasteiger partial charge in [0.2, 0.25) is 0 Å². The van der Waals surface area contributed by atoms with Crippen molar-refractivity contribution < 1.29 is 9.66 Å². The fraction of sp³-hybridized carbons (Fsp3) is 0.364. The molecule has 1 aliphatic heterocycles. The van der Waals surface area contributed by atoms with Crippen LogP contribution in [-0.4, -0.2) is 45.7 Å². The normalized spacial score (nSPS) is 14.6. The van der Waals surface area contributed by atoms with E-state index in [1.165, 1.54) is 36.3 Å². The molecular weight excluding hydrogens is 400 g/mol. The molecule has 0 amide bonds. The Kier molecular flexibility index (Phi) is 5.85. The summed E-state index contributed by atoms with van der Waals surface area (Å²) >= 11 is 0. The summed E-state index contributed by atoms with van der Waals surface area (Å²) in [5, 5.41) is 11.4. The average molecular weight is 424 g/mol. The minimum Gasteiger partial charge on any atom is -0.497 e. The Hall–Kier alpha value is -3.46.